The summed E-state index contributed by atoms with van der Waals surface area (Å²) in [5, 5.41) is 9.73. The molecule has 228 valence electrons. The topological polar surface area (TPSA) is 60.9 Å². The molecule has 2 heterocycles. The first-order valence-electron chi connectivity index (χ1n) is 15.2. The zero-order chi connectivity index (χ0) is 29.7. The van der Waals surface area contributed by atoms with E-state index in [0.717, 1.165) is 94.8 Å². The van der Waals surface area contributed by atoms with Crippen molar-refractivity contribution in [3.05, 3.63) is 72.3 Å². The molecule has 8 nitrogen and oxygen atoms in total. The Bertz CT molecular complexity index is 1220. The molecule has 5 rings (SSSR count). The van der Waals surface area contributed by atoms with Gasteiger partial charge in [0.1, 0.15) is 11.5 Å². The highest BCUT2D eigenvalue weighted by atomic mass is 16.5. The number of nitrogens with zero attached hydrogens (tertiary/aromatic N) is 4. The summed E-state index contributed by atoms with van der Waals surface area (Å²) >= 11 is 0. The summed E-state index contributed by atoms with van der Waals surface area (Å²) in [5.74, 6) is 2.96. The number of likely N-dealkylation sites (N-methyl/N-ethyl adjacent to an activating group) is 1. The number of hydrogen-bond donors (Lipinski definition) is 1. The highest BCUT2D eigenvalue weighted by Gasteiger charge is 2.20. The van der Waals surface area contributed by atoms with Crippen LogP contribution in [0.3, 0.4) is 0 Å². The lowest BCUT2D eigenvalue weighted by Gasteiger charge is -2.36. The second kappa shape index (κ2) is 16.1. The van der Waals surface area contributed by atoms with Gasteiger partial charge in [-0.1, -0.05) is 37.3 Å². The van der Waals surface area contributed by atoms with Gasteiger partial charge in [0.25, 0.3) is 0 Å². The molecule has 0 aliphatic carbocycles. The zero-order valence-electron chi connectivity index (χ0n) is 25.8. The molecule has 2 fully saturated rings. The van der Waals surface area contributed by atoms with Crippen LogP contribution in [0.1, 0.15) is 19.4 Å². The second-order valence-corrected chi connectivity index (χ2v) is 10.6. The predicted molar refractivity (Wildman–Crippen MR) is 172 cm³/mol. The first-order valence-corrected chi connectivity index (χ1v) is 15.2. The summed E-state index contributed by atoms with van der Waals surface area (Å²) < 4.78 is 16.5. The van der Waals surface area contributed by atoms with Crippen molar-refractivity contribution in [3.8, 4) is 23.0 Å². The van der Waals surface area contributed by atoms with Gasteiger partial charge in [0.05, 0.1) is 32.2 Å². The number of piperazine rings is 2. The number of ether oxygens (including phenoxy) is 3. The highest BCUT2D eigenvalue weighted by Crippen LogP contribution is 2.30. The SMILES string of the molecule is CCN1CCN(c2ccccc2O)CC1.CCOc1ccccc1N1CCN(CCc2ccc(OC)c(OC)c2)CC1. The van der Waals surface area contributed by atoms with Crippen LogP contribution < -0.4 is 24.0 Å². The van der Waals surface area contributed by atoms with Crippen LogP contribution in [-0.2, 0) is 6.42 Å². The lowest BCUT2D eigenvalue weighted by atomic mass is 10.1. The Morgan fingerprint density at radius 3 is 1.86 bits per heavy atom. The van der Waals surface area contributed by atoms with Crippen LogP contribution in [0.4, 0.5) is 11.4 Å². The monoisotopic (exact) mass is 576 g/mol. The fraction of sp³-hybridized carbons (Fsp3) is 0.471. The summed E-state index contributed by atoms with van der Waals surface area (Å²) in [6.45, 7) is 15.5. The molecule has 8 heteroatoms. The second-order valence-electron chi connectivity index (χ2n) is 10.6. The number of rotatable bonds is 10. The van der Waals surface area contributed by atoms with Crippen LogP contribution in [0, 0.1) is 0 Å². The number of phenols is 1. The third-order valence-electron chi connectivity index (χ3n) is 8.08. The Labute approximate surface area is 252 Å². The van der Waals surface area contributed by atoms with E-state index in [2.05, 4.69) is 56.9 Å². The standard InChI is InChI=1S/C22H30N2O3.C12H18N2O/c1-4-27-20-8-6-5-7-19(20)24-15-13-23(14-16-24)12-11-18-9-10-21(25-2)22(17-18)26-3;1-2-13-7-9-14(10-8-13)11-5-3-4-6-12(11)15/h5-10,17H,4,11-16H2,1-3H3;3-6,15H,2,7-10H2,1H3. The molecule has 0 aromatic heterocycles. The van der Waals surface area contributed by atoms with Crippen molar-refractivity contribution >= 4 is 11.4 Å². The van der Waals surface area contributed by atoms with Gasteiger partial charge in [0.15, 0.2) is 11.5 Å². The Kier molecular flexibility index (Phi) is 12.0. The van der Waals surface area contributed by atoms with Gasteiger partial charge in [-0.25, -0.2) is 0 Å². The van der Waals surface area contributed by atoms with E-state index in [1.165, 1.54) is 11.3 Å². The smallest absolute Gasteiger partial charge is 0.160 e. The van der Waals surface area contributed by atoms with E-state index in [1.807, 2.05) is 37.3 Å². The molecule has 0 saturated carbocycles. The number of aromatic hydroxyl groups is 1. The minimum absolute atomic E-state index is 0.391. The molecule has 2 saturated heterocycles. The summed E-state index contributed by atoms with van der Waals surface area (Å²) in [6, 6.07) is 22.1. The summed E-state index contributed by atoms with van der Waals surface area (Å²) in [7, 11) is 3.35. The van der Waals surface area contributed by atoms with Gasteiger partial charge in [-0.15, -0.1) is 0 Å². The molecule has 2 aliphatic heterocycles. The first kappa shape index (κ1) is 31.3. The van der Waals surface area contributed by atoms with Crippen molar-refractivity contribution in [2.24, 2.45) is 0 Å². The highest BCUT2D eigenvalue weighted by molar-refractivity contribution is 5.59. The summed E-state index contributed by atoms with van der Waals surface area (Å²) in [6.07, 6.45) is 1.01. The fourth-order valence-corrected chi connectivity index (χ4v) is 5.57. The van der Waals surface area contributed by atoms with E-state index in [1.54, 1.807) is 20.3 Å². The molecule has 0 bridgehead atoms. The number of hydrogen-bond acceptors (Lipinski definition) is 8. The molecular formula is C34H48N4O4. The average Bonchev–Trinajstić information content (AvgIpc) is 3.05. The minimum atomic E-state index is 0.391. The van der Waals surface area contributed by atoms with Crippen LogP contribution in [-0.4, -0.2) is 101 Å². The van der Waals surface area contributed by atoms with E-state index in [4.69, 9.17) is 14.2 Å². The van der Waals surface area contributed by atoms with E-state index in [9.17, 15) is 5.11 Å². The average molecular weight is 577 g/mol. The molecular weight excluding hydrogens is 528 g/mol. The molecule has 0 unspecified atom stereocenters. The van der Waals surface area contributed by atoms with Crippen LogP contribution in [0.5, 0.6) is 23.0 Å². The Morgan fingerprint density at radius 1 is 0.643 bits per heavy atom. The van der Waals surface area contributed by atoms with E-state index < -0.39 is 0 Å². The van der Waals surface area contributed by atoms with Gasteiger partial charge >= 0.3 is 0 Å². The molecule has 0 radical (unpaired) electrons. The predicted octanol–water partition coefficient (Wildman–Crippen LogP) is 5.00. The molecule has 42 heavy (non-hydrogen) atoms. The van der Waals surface area contributed by atoms with Crippen LogP contribution in [0.2, 0.25) is 0 Å². The van der Waals surface area contributed by atoms with E-state index in [-0.39, 0.29) is 0 Å². The third-order valence-corrected chi connectivity index (χ3v) is 8.08. The van der Waals surface area contributed by atoms with Gasteiger partial charge in [-0.05, 0) is 61.9 Å². The number of methoxy groups -OCH3 is 2. The minimum Gasteiger partial charge on any atom is -0.506 e. The van der Waals surface area contributed by atoms with Crippen molar-refractivity contribution in [3.63, 3.8) is 0 Å². The zero-order valence-corrected chi connectivity index (χ0v) is 25.8. The Balaban J connectivity index is 0.000000227. The van der Waals surface area contributed by atoms with Crippen molar-refractivity contribution < 1.29 is 19.3 Å². The maximum atomic E-state index is 9.73. The number of para-hydroxylation sites is 4. The fourth-order valence-electron chi connectivity index (χ4n) is 5.57. The molecule has 1 N–H and O–H groups in total. The quantitative estimate of drug-likeness (QED) is 0.362. The van der Waals surface area contributed by atoms with E-state index in [0.29, 0.717) is 12.4 Å². The molecule has 0 amide bonds. The van der Waals surface area contributed by atoms with Crippen molar-refractivity contribution in [1.82, 2.24) is 9.80 Å². The summed E-state index contributed by atoms with van der Waals surface area (Å²) in [4.78, 5) is 9.63. The molecule has 0 atom stereocenters. The third kappa shape index (κ3) is 8.46. The lowest BCUT2D eigenvalue weighted by molar-refractivity contribution is 0.259. The van der Waals surface area contributed by atoms with Crippen molar-refractivity contribution in [2.75, 3.05) is 96.1 Å². The van der Waals surface area contributed by atoms with Crippen LogP contribution in [0.25, 0.3) is 0 Å². The van der Waals surface area contributed by atoms with Gasteiger partial charge < -0.3 is 34.0 Å². The van der Waals surface area contributed by atoms with Crippen LogP contribution >= 0.6 is 0 Å². The first-order chi connectivity index (χ1) is 20.6. The maximum absolute atomic E-state index is 9.73. The van der Waals surface area contributed by atoms with Gasteiger partial charge in [0, 0.05) is 58.9 Å². The van der Waals surface area contributed by atoms with Crippen molar-refractivity contribution in [2.45, 2.75) is 20.3 Å². The number of anilines is 2. The number of benzene rings is 3. The normalized spacial score (nSPS) is 16.0. The number of phenolic OH excluding ortho intramolecular Hbond substituents is 1. The van der Waals surface area contributed by atoms with E-state index >= 15 is 0 Å². The van der Waals surface area contributed by atoms with Gasteiger partial charge in [-0.3, -0.25) is 4.90 Å². The lowest BCUT2D eigenvalue weighted by Crippen LogP contribution is -2.47. The molecule has 3 aromatic rings. The van der Waals surface area contributed by atoms with Crippen molar-refractivity contribution in [1.29, 1.82) is 0 Å². The summed E-state index contributed by atoms with van der Waals surface area (Å²) in [5.41, 5.74) is 3.45. The van der Waals surface area contributed by atoms with Crippen LogP contribution in [0.15, 0.2) is 66.7 Å². The largest absolute Gasteiger partial charge is 0.506 e. The molecule has 0 spiro atoms. The Morgan fingerprint density at radius 2 is 1.24 bits per heavy atom. The maximum Gasteiger partial charge on any atom is 0.160 e. The molecule has 3 aromatic carbocycles. The molecule has 2 aliphatic rings. The van der Waals surface area contributed by atoms with Gasteiger partial charge in [-0.2, -0.15) is 0 Å². The Hall–Kier alpha value is -3.62. The van der Waals surface area contributed by atoms with Gasteiger partial charge in [0.2, 0.25) is 0 Å².